The highest BCUT2D eigenvalue weighted by Crippen LogP contribution is 2.51. The van der Waals surface area contributed by atoms with E-state index in [0.29, 0.717) is 12.8 Å². The third-order valence-corrected chi connectivity index (χ3v) is 22.8. The number of fused-ring (bicyclic) bond motifs is 2. The minimum Gasteiger partial charge on any atom is -0.481 e. The van der Waals surface area contributed by atoms with Gasteiger partial charge in [-0.15, -0.1) is 0 Å². The molecule has 40 heteroatoms. The highest BCUT2D eigenvalue weighted by molar-refractivity contribution is 8.07. The molecule has 5 unspecified atom stereocenters. The predicted octanol–water partition coefficient (Wildman–Crippen LogP) is -2.78. The Balaban J connectivity index is 3.15. The van der Waals surface area contributed by atoms with E-state index in [1.54, 1.807) is 0 Å². The van der Waals surface area contributed by atoms with Crippen molar-refractivity contribution in [2.24, 2.45) is 17.6 Å². The van der Waals surface area contributed by atoms with Crippen LogP contribution in [-0.2, 0) is 114 Å². The number of carbonyl (C=O) groups is 8. The number of amides is 3. The third kappa shape index (κ3) is 12.7. The van der Waals surface area contributed by atoms with Gasteiger partial charge in [0.2, 0.25) is 11.8 Å². The van der Waals surface area contributed by atoms with E-state index in [9.17, 15) is 126 Å². The topological polar surface area (TPSA) is 581 Å². The van der Waals surface area contributed by atoms with Crippen LogP contribution >= 0.6 is 0 Å². The minimum absolute atomic E-state index is 0.0173. The fourth-order valence-electron chi connectivity index (χ4n) is 8.59. The number of carbonyl (C=O) groups excluding carboxylic acids is 6. The number of aliphatic carboxylic acids is 2. The van der Waals surface area contributed by atoms with Crippen molar-refractivity contribution in [2.45, 2.75) is 146 Å². The molecular formula is C34H53N3O31S6. The van der Waals surface area contributed by atoms with E-state index in [2.05, 4.69) is 27.2 Å². The molecule has 426 valence electrons. The van der Waals surface area contributed by atoms with E-state index in [0.717, 1.165) is 57.8 Å². The van der Waals surface area contributed by atoms with Gasteiger partial charge < -0.3 is 31.3 Å². The van der Waals surface area contributed by atoms with Gasteiger partial charge in [-0.2, -0.15) is 50.5 Å². The highest BCUT2D eigenvalue weighted by Gasteiger charge is 2.87. The standard InChI is InChI=1S/C34H53N3O31S6/c1-2-3-4-5-6-7-8-9-10-11-12-13-14-15-16-19-23-22(25(40)41)33(27(44)37-24(19)26(42)43,66-28(45)32(71(54,55)56,72(57,58)59)18-21(39)36-23)34(73(60,61)62,74(63,64)65)30(47)68-67-29(46)31(17-20(35)38,69(48,49)50)70(51,52)53/h19,22-24H,2-18H2,1H3,(H2,35,38)(H,36,39)(H,37,44)(H,40,41)(H,42,43)(H,48,49,50)(H,51,52,53)(H,54,55,56)(H,57,58,59)(H,60,61,62)(H,63,64,65). The molecule has 2 bridgehead atoms. The summed E-state index contributed by atoms with van der Waals surface area (Å²) in [4.78, 5) is 115. The summed E-state index contributed by atoms with van der Waals surface area (Å²) in [5, 5.41) is 23.9. The molecule has 0 aliphatic carbocycles. The maximum absolute atomic E-state index is 14.8. The van der Waals surface area contributed by atoms with Crippen molar-refractivity contribution in [1.29, 1.82) is 0 Å². The van der Waals surface area contributed by atoms with Crippen molar-refractivity contribution in [3.8, 4) is 0 Å². The zero-order valence-electron chi connectivity index (χ0n) is 38.3. The SMILES string of the molecule is CCCCCCCCCCCCCCCCC1C(C(=O)O)NC(=O)C2(C(C(=O)OOC(=O)C(CC(N)=O)(S(=O)(=O)O)S(=O)(=O)O)(S(=O)(=O)O)S(=O)(=O)O)OC(=O)C(S(=O)(=O)O)(S(=O)(=O)O)CC(=O)NC1C2C(=O)O. The lowest BCUT2D eigenvalue weighted by Gasteiger charge is -2.45. The van der Waals surface area contributed by atoms with Crippen molar-refractivity contribution in [3.05, 3.63) is 0 Å². The number of esters is 1. The Kier molecular flexibility index (Phi) is 21.2. The van der Waals surface area contributed by atoms with Gasteiger partial charge in [-0.3, -0.25) is 46.5 Å². The van der Waals surface area contributed by atoms with Crippen LogP contribution < -0.4 is 16.4 Å². The van der Waals surface area contributed by atoms with E-state index in [4.69, 9.17) is 0 Å². The molecule has 2 heterocycles. The van der Waals surface area contributed by atoms with E-state index < -0.39 is 169 Å². The summed E-state index contributed by atoms with van der Waals surface area (Å²) in [7, 11) is -44.7. The monoisotopic (exact) mass is 1190 g/mol. The zero-order valence-corrected chi connectivity index (χ0v) is 43.2. The van der Waals surface area contributed by atoms with Crippen molar-refractivity contribution in [1.82, 2.24) is 10.6 Å². The van der Waals surface area contributed by atoms with Gasteiger partial charge in [0.05, 0.1) is 18.9 Å². The largest absolute Gasteiger partial charge is 0.481 e. The number of rotatable bonds is 28. The molecule has 2 saturated heterocycles. The predicted molar refractivity (Wildman–Crippen MR) is 238 cm³/mol. The van der Waals surface area contributed by atoms with Gasteiger partial charge in [-0.05, 0) is 6.42 Å². The van der Waals surface area contributed by atoms with Crippen LogP contribution in [0, 0.1) is 11.8 Å². The maximum Gasteiger partial charge on any atom is 0.402 e. The van der Waals surface area contributed by atoms with Gasteiger partial charge in [-0.25, -0.2) is 29.0 Å². The second kappa shape index (κ2) is 24.0. The number of hydrogen-bond acceptors (Lipinski definition) is 23. The molecule has 34 nitrogen and oxygen atoms in total. The van der Waals surface area contributed by atoms with Crippen molar-refractivity contribution < 1.29 is 141 Å². The average molecular weight is 1190 g/mol. The van der Waals surface area contributed by atoms with Crippen LogP contribution in [0.3, 0.4) is 0 Å². The van der Waals surface area contributed by atoms with Crippen LogP contribution in [0.2, 0.25) is 0 Å². The Labute approximate surface area is 421 Å². The first-order valence-corrected chi connectivity index (χ1v) is 30.0. The van der Waals surface area contributed by atoms with Gasteiger partial charge >= 0.3 is 62.3 Å². The van der Waals surface area contributed by atoms with E-state index in [1.165, 1.54) is 10.6 Å². The maximum atomic E-state index is 14.8. The van der Waals surface area contributed by atoms with Crippen LogP contribution in [0.4, 0.5) is 0 Å². The molecular weight excluding hydrogens is 1140 g/mol. The van der Waals surface area contributed by atoms with Crippen LogP contribution in [0.25, 0.3) is 0 Å². The Hall–Kier alpha value is -4.78. The number of nitrogens with one attached hydrogen (secondary N) is 2. The number of primary amides is 1. The smallest absolute Gasteiger partial charge is 0.402 e. The average Bonchev–Trinajstić information content (AvgIpc) is 3.26. The molecule has 74 heavy (non-hydrogen) atoms. The number of ether oxygens (including phenoxy) is 1. The van der Waals surface area contributed by atoms with Gasteiger partial charge in [0.1, 0.15) is 12.0 Å². The normalized spacial score (nSPS) is 22.3. The van der Waals surface area contributed by atoms with Gasteiger partial charge in [0.25, 0.3) is 52.0 Å². The van der Waals surface area contributed by atoms with E-state index in [-0.39, 0.29) is 19.3 Å². The van der Waals surface area contributed by atoms with Crippen LogP contribution in [0.15, 0.2) is 0 Å². The summed E-state index contributed by atoms with van der Waals surface area (Å²) in [6.07, 6.45) is 3.59. The molecule has 0 saturated carbocycles. The van der Waals surface area contributed by atoms with Crippen LogP contribution in [-0.4, -0.2) is 166 Å². The summed E-state index contributed by atoms with van der Waals surface area (Å²) >= 11 is 0. The zero-order chi connectivity index (χ0) is 57.5. The summed E-state index contributed by atoms with van der Waals surface area (Å²) < 4.78 is 204. The molecule has 0 radical (unpaired) electrons. The molecule has 0 aromatic carbocycles. The number of unbranched alkanes of at least 4 members (excludes halogenated alkanes) is 13. The number of carboxylic acids is 2. The molecule has 0 aromatic rings. The molecule has 2 aliphatic heterocycles. The molecule has 5 atom stereocenters. The van der Waals surface area contributed by atoms with Crippen molar-refractivity contribution in [3.63, 3.8) is 0 Å². The molecule has 0 aromatic heterocycles. The molecule has 3 amide bonds. The second-order valence-corrected chi connectivity index (χ2v) is 27.4. The first-order valence-electron chi connectivity index (χ1n) is 21.4. The number of hydrogen-bond donors (Lipinski definition) is 11. The van der Waals surface area contributed by atoms with Gasteiger partial charge in [0, 0.05) is 5.92 Å². The van der Waals surface area contributed by atoms with Crippen LogP contribution in [0.5, 0.6) is 0 Å². The van der Waals surface area contributed by atoms with Gasteiger partial charge in [-0.1, -0.05) is 96.8 Å². The highest BCUT2D eigenvalue weighted by atomic mass is 32.3. The summed E-state index contributed by atoms with van der Waals surface area (Å²) in [5.41, 5.74) is -1.36. The van der Waals surface area contributed by atoms with Crippen molar-refractivity contribution in [2.75, 3.05) is 0 Å². The Morgan fingerprint density at radius 1 is 0.622 bits per heavy atom. The summed E-state index contributed by atoms with van der Waals surface area (Å²) in [6.45, 7) is 2.08. The number of carboxylic acid groups (broad SMARTS) is 2. The molecule has 12 N–H and O–H groups in total. The first kappa shape index (κ1) is 65.3. The minimum atomic E-state index is -8.10. The molecule has 2 aliphatic rings. The fourth-order valence-corrected chi connectivity index (χ4v) is 15.8. The second-order valence-electron chi connectivity index (χ2n) is 16.9. The Morgan fingerprint density at radius 3 is 1.38 bits per heavy atom. The quantitative estimate of drug-likeness (QED) is 0.0124. The lowest BCUT2D eigenvalue weighted by atomic mass is 9.72. The first-order chi connectivity index (χ1) is 33.6. The van der Waals surface area contributed by atoms with E-state index in [1.807, 2.05) is 0 Å². The van der Waals surface area contributed by atoms with Crippen LogP contribution in [0.1, 0.15) is 116 Å². The Morgan fingerprint density at radius 2 is 1.03 bits per heavy atom. The third-order valence-electron chi connectivity index (χ3n) is 12.1. The summed E-state index contributed by atoms with van der Waals surface area (Å²) in [5.74, 6) is -32.1. The molecule has 2 rings (SSSR count). The fraction of sp³-hybridized carbons (Fsp3) is 0.765. The lowest BCUT2D eigenvalue weighted by Crippen LogP contribution is -2.79. The molecule has 0 spiro atoms. The molecule has 2 fully saturated rings. The van der Waals surface area contributed by atoms with Crippen molar-refractivity contribution >= 4 is 108 Å². The Bertz CT molecular complexity index is 2810. The number of nitrogens with two attached hydrogens (primary N) is 1. The van der Waals surface area contributed by atoms with E-state index >= 15 is 0 Å². The lowest BCUT2D eigenvalue weighted by molar-refractivity contribution is -0.264. The van der Waals surface area contributed by atoms with Gasteiger partial charge in [0.15, 0.2) is 0 Å². The summed E-state index contributed by atoms with van der Waals surface area (Å²) in [6, 6.07) is -6.23.